The zero-order chi connectivity index (χ0) is 64.9. The number of ether oxygens (including phenoxy) is 12. The fourth-order valence-electron chi connectivity index (χ4n) is 9.75. The van der Waals surface area contributed by atoms with Crippen LogP contribution in [-0.2, 0) is 43.7 Å². The number of nitrogens with zero attached hydrogens (tertiary/aromatic N) is 4. The average molecular weight is 1310 g/mol. The molecule has 0 saturated carbocycles. The highest BCUT2D eigenvalue weighted by Gasteiger charge is 2.46. The van der Waals surface area contributed by atoms with Crippen LogP contribution < -0.4 is 18.9 Å². The molecule has 1 aromatic heterocycles. The quantitative estimate of drug-likeness (QED) is 0.0260. The van der Waals surface area contributed by atoms with Crippen LogP contribution in [0, 0.1) is 0 Å². The Balaban J connectivity index is 1.34. The van der Waals surface area contributed by atoms with Crippen LogP contribution in [-0.4, -0.2) is 198 Å². The van der Waals surface area contributed by atoms with Gasteiger partial charge in [-0.1, -0.05) is 102 Å². The number of benzene rings is 6. The molecule has 2 heterocycles. The van der Waals surface area contributed by atoms with Crippen molar-refractivity contribution in [3.63, 3.8) is 0 Å². The zero-order valence-corrected chi connectivity index (χ0v) is 54.1. The van der Waals surface area contributed by atoms with E-state index in [1.807, 2.05) is 141 Å². The van der Waals surface area contributed by atoms with E-state index >= 15 is 0 Å². The van der Waals surface area contributed by atoms with Crippen LogP contribution in [0.3, 0.4) is 0 Å². The summed E-state index contributed by atoms with van der Waals surface area (Å²) in [6, 6.07) is 44.1. The Kier molecular flexibility index (Phi) is 29.2. The molecule has 494 valence electrons. The molecule has 8 rings (SSSR count). The van der Waals surface area contributed by atoms with Gasteiger partial charge < -0.3 is 77.3 Å². The molecule has 1 aliphatic heterocycles. The smallest absolute Gasteiger partial charge is 0.263 e. The third kappa shape index (κ3) is 20.6. The maximum absolute atomic E-state index is 11.1. The molecule has 6 aromatic carbocycles. The highest BCUT2D eigenvalue weighted by molar-refractivity contribution is 6.54. The number of aliphatic imine (C=N–C) groups is 2. The summed E-state index contributed by atoms with van der Waals surface area (Å²) in [5, 5.41) is 44.7. The van der Waals surface area contributed by atoms with E-state index in [4.69, 9.17) is 95.0 Å². The molecule has 7 aromatic rings. The summed E-state index contributed by atoms with van der Waals surface area (Å²) in [5.41, 5.74) is 4.98. The van der Waals surface area contributed by atoms with Crippen molar-refractivity contribution in [2.24, 2.45) is 9.98 Å². The van der Waals surface area contributed by atoms with E-state index in [1.165, 1.54) is 0 Å². The van der Waals surface area contributed by atoms with Crippen molar-refractivity contribution >= 4 is 34.6 Å². The van der Waals surface area contributed by atoms with Crippen molar-refractivity contribution in [3.05, 3.63) is 172 Å². The topological polar surface area (TPSA) is 234 Å². The molecule has 0 bridgehead atoms. The molecule has 0 amide bonds. The second-order valence-electron chi connectivity index (χ2n) is 21.0. The van der Waals surface area contributed by atoms with Gasteiger partial charge in [0.05, 0.1) is 112 Å². The van der Waals surface area contributed by atoms with Crippen molar-refractivity contribution in [2.45, 2.75) is 57.9 Å². The lowest BCUT2D eigenvalue weighted by atomic mass is 9.99. The van der Waals surface area contributed by atoms with E-state index in [-0.39, 0.29) is 52.9 Å². The molecule has 20 nitrogen and oxygen atoms in total. The van der Waals surface area contributed by atoms with E-state index in [1.54, 1.807) is 36.4 Å². The van der Waals surface area contributed by atoms with Gasteiger partial charge in [0.2, 0.25) is 0 Å². The van der Waals surface area contributed by atoms with E-state index < -0.39 is 30.2 Å². The zero-order valence-electron chi connectivity index (χ0n) is 52.5. The molecule has 0 radical (unpaired) electrons. The molecule has 0 fully saturated rings. The minimum absolute atomic E-state index is 0.0188. The first-order valence-corrected chi connectivity index (χ1v) is 31.8. The highest BCUT2D eigenvalue weighted by Crippen LogP contribution is 2.49. The molecule has 4 unspecified atom stereocenters. The Morgan fingerprint density at radius 1 is 0.391 bits per heavy atom. The molecule has 0 aliphatic carbocycles. The number of hydrogen-bond acceptors (Lipinski definition) is 19. The molecule has 4 N–H and O–H groups in total. The van der Waals surface area contributed by atoms with Crippen molar-refractivity contribution in [2.75, 3.05) is 132 Å². The van der Waals surface area contributed by atoms with Crippen molar-refractivity contribution in [1.82, 2.24) is 9.55 Å². The van der Waals surface area contributed by atoms with Gasteiger partial charge in [-0.05, 0) is 94.4 Å². The van der Waals surface area contributed by atoms with Crippen molar-refractivity contribution in [3.8, 4) is 56.9 Å². The summed E-state index contributed by atoms with van der Waals surface area (Å²) in [6.45, 7) is 12.5. The van der Waals surface area contributed by atoms with Crippen LogP contribution in [0.15, 0.2) is 156 Å². The molecular weight excluding hydrogens is 1220 g/mol. The monoisotopic (exact) mass is 1310 g/mol. The lowest BCUT2D eigenvalue weighted by molar-refractivity contribution is -0.00931. The van der Waals surface area contributed by atoms with Crippen LogP contribution in [0.4, 0.5) is 0 Å². The Morgan fingerprint density at radius 2 is 0.739 bits per heavy atom. The SMILES string of the molecule is CCOCCOCC(O)COc1cccc(C2=NC(c3ccccc3Cl)(n3c(-c4ccccc4Cl)nc(-c4cccc(OCC(O)COCCOCC)c4)c3-c3cccc(OCC(O)COCCOCC)c3)N=C2c2cccc(OCC(O)COCCOCC)c2)c1. The molecular formula is C70H84Cl2N4O16. The standard InChI is InChI=1S/C70H84Cl2N4O16/c1-5-81-29-33-85-41-53(77)45-89-57-21-13-17-49(37-57)65-66(50-18-14-22-58(38-50)90-46-54(78)42-86-34-30-82-6-2)75-70(74-65,62-26-10-12-28-64(62)72)76-68(52-20-16-24-60(40-52)92-48-56(80)44-88-36-32-84-8-4)67(73-69(76)61-25-9-11-27-63(61)71)51-19-15-23-59(39-51)91-47-55(79)43-87-35-31-83-7-3/h9-28,37-40,53-56,77-80H,5-8,29-36,41-48H2,1-4H3. The molecule has 0 spiro atoms. The van der Waals surface area contributed by atoms with Crippen LogP contribution in [0.25, 0.3) is 33.9 Å². The minimum atomic E-state index is -1.90. The van der Waals surface area contributed by atoms with E-state index in [0.29, 0.717) is 174 Å². The summed E-state index contributed by atoms with van der Waals surface area (Å²) in [6.07, 6.45) is -3.84. The highest BCUT2D eigenvalue weighted by atomic mass is 35.5. The average Bonchev–Trinajstić information content (AvgIpc) is 1.54. The summed E-state index contributed by atoms with van der Waals surface area (Å²) < 4.78 is 71.4. The second-order valence-corrected chi connectivity index (χ2v) is 21.9. The van der Waals surface area contributed by atoms with Crippen LogP contribution in [0.1, 0.15) is 44.4 Å². The first-order valence-electron chi connectivity index (χ1n) is 31.0. The number of aliphatic hydroxyl groups is 4. The second kappa shape index (κ2) is 37.8. The number of aliphatic hydroxyl groups excluding tert-OH is 4. The van der Waals surface area contributed by atoms with Gasteiger partial charge in [0.1, 0.15) is 79.7 Å². The molecule has 22 heteroatoms. The van der Waals surface area contributed by atoms with Crippen LogP contribution in [0.5, 0.6) is 23.0 Å². The van der Waals surface area contributed by atoms with Gasteiger partial charge >= 0.3 is 0 Å². The predicted octanol–water partition coefficient (Wildman–Crippen LogP) is 10.0. The number of imidazole rings is 1. The van der Waals surface area contributed by atoms with Gasteiger partial charge in [0.25, 0.3) is 5.79 Å². The fraction of sp³-hybridized carbons (Fsp3) is 0.414. The Morgan fingerprint density at radius 3 is 1.14 bits per heavy atom. The third-order valence-corrected chi connectivity index (χ3v) is 14.7. The normalized spacial score (nSPS) is 15.2. The number of hydrogen-bond donors (Lipinski definition) is 4. The summed E-state index contributed by atoms with van der Waals surface area (Å²) in [5.74, 6) is 0.116. The van der Waals surface area contributed by atoms with Gasteiger partial charge in [0, 0.05) is 59.8 Å². The molecule has 92 heavy (non-hydrogen) atoms. The first kappa shape index (κ1) is 71.0. The first-order chi connectivity index (χ1) is 44.9. The maximum atomic E-state index is 11.1. The van der Waals surface area contributed by atoms with Gasteiger partial charge in [0.15, 0.2) is 0 Å². The predicted molar refractivity (Wildman–Crippen MR) is 353 cm³/mol. The molecule has 1 aliphatic rings. The lowest BCUT2D eigenvalue weighted by Crippen LogP contribution is -2.32. The summed E-state index contributed by atoms with van der Waals surface area (Å²) in [4.78, 5) is 17.3. The van der Waals surface area contributed by atoms with E-state index in [0.717, 1.165) is 0 Å². The number of rotatable bonds is 43. The van der Waals surface area contributed by atoms with Gasteiger partial charge in [-0.15, -0.1) is 0 Å². The largest absolute Gasteiger partial charge is 0.491 e. The van der Waals surface area contributed by atoms with Gasteiger partial charge in [-0.25, -0.2) is 15.0 Å². The van der Waals surface area contributed by atoms with Crippen molar-refractivity contribution in [1.29, 1.82) is 0 Å². The Bertz CT molecular complexity index is 3340. The number of halogens is 2. The van der Waals surface area contributed by atoms with Crippen LogP contribution in [0.2, 0.25) is 10.0 Å². The Labute approximate surface area is 548 Å². The summed E-state index contributed by atoms with van der Waals surface area (Å²) in [7, 11) is 0. The third-order valence-electron chi connectivity index (χ3n) is 14.0. The van der Waals surface area contributed by atoms with E-state index in [2.05, 4.69) is 0 Å². The number of aromatic nitrogens is 2. The van der Waals surface area contributed by atoms with Crippen molar-refractivity contribution < 1.29 is 77.3 Å². The Hall–Kier alpha value is -6.83. The van der Waals surface area contributed by atoms with Gasteiger partial charge in [-0.2, -0.15) is 0 Å². The lowest BCUT2D eigenvalue weighted by Gasteiger charge is -2.30. The fourth-order valence-corrected chi connectivity index (χ4v) is 10.2. The molecule has 0 saturated heterocycles. The van der Waals surface area contributed by atoms with Gasteiger partial charge in [-0.3, -0.25) is 4.57 Å². The summed E-state index contributed by atoms with van der Waals surface area (Å²) >= 11 is 14.9. The minimum Gasteiger partial charge on any atom is -0.491 e. The van der Waals surface area contributed by atoms with Crippen LogP contribution >= 0.6 is 23.2 Å². The van der Waals surface area contributed by atoms with E-state index in [9.17, 15) is 20.4 Å². The molecule has 4 atom stereocenters. The maximum Gasteiger partial charge on any atom is 0.263 e.